The van der Waals surface area contributed by atoms with Gasteiger partial charge in [-0.05, 0) is 43.7 Å². The molecule has 29 heavy (non-hydrogen) atoms. The first-order valence-electron chi connectivity index (χ1n) is 9.88. The Kier molecular flexibility index (Phi) is 5.42. The zero-order valence-corrected chi connectivity index (χ0v) is 16.8. The summed E-state index contributed by atoms with van der Waals surface area (Å²) in [4.78, 5) is 26.4. The monoisotopic (exact) mass is 387 g/mol. The van der Waals surface area contributed by atoms with Crippen LogP contribution in [0.5, 0.6) is 0 Å². The van der Waals surface area contributed by atoms with E-state index < -0.39 is 0 Å². The minimum absolute atomic E-state index is 0.214. The molecule has 0 radical (unpaired) electrons. The van der Waals surface area contributed by atoms with Crippen LogP contribution in [0.2, 0.25) is 0 Å². The average Bonchev–Trinajstić information content (AvgIpc) is 2.75. The van der Waals surface area contributed by atoms with Gasteiger partial charge in [0.1, 0.15) is 5.69 Å². The van der Waals surface area contributed by atoms with Gasteiger partial charge in [-0.15, -0.1) is 0 Å². The molecule has 0 spiro atoms. The zero-order chi connectivity index (χ0) is 20.2. The van der Waals surface area contributed by atoms with Crippen LogP contribution >= 0.6 is 0 Å². The first-order valence-corrected chi connectivity index (χ1v) is 9.88. The van der Waals surface area contributed by atoms with Gasteiger partial charge in [-0.3, -0.25) is 4.79 Å². The van der Waals surface area contributed by atoms with Crippen LogP contribution in [0.4, 0.5) is 17.3 Å². The van der Waals surface area contributed by atoms with Crippen LogP contribution < -0.4 is 15.1 Å². The molecule has 1 amide bonds. The minimum Gasteiger partial charge on any atom is -0.368 e. The molecule has 2 aromatic carbocycles. The lowest BCUT2D eigenvalue weighted by atomic mass is 10.2. The quantitative estimate of drug-likeness (QED) is 0.740. The lowest BCUT2D eigenvalue weighted by molar-refractivity contribution is 0.102. The molecule has 3 aromatic rings. The molecule has 4 rings (SSSR count). The lowest BCUT2D eigenvalue weighted by Gasteiger charge is -2.36. The standard InChI is InChI=1S/C23H25N5O/c1-17-8-6-7-11-20(17)25-22(29)21-16-18(2)24-23(26-21)28-14-12-27(13-15-28)19-9-4-3-5-10-19/h3-11,16H,12-15H2,1-2H3,(H,25,29). The average molecular weight is 387 g/mol. The fourth-order valence-corrected chi connectivity index (χ4v) is 3.51. The number of carbonyl (C=O) groups excluding carboxylic acids is 1. The highest BCUT2D eigenvalue weighted by atomic mass is 16.1. The summed E-state index contributed by atoms with van der Waals surface area (Å²) in [7, 11) is 0. The van der Waals surface area contributed by atoms with Crippen molar-refractivity contribution in [2.24, 2.45) is 0 Å². The highest BCUT2D eigenvalue weighted by Gasteiger charge is 2.21. The molecule has 6 nitrogen and oxygen atoms in total. The molecule has 6 heteroatoms. The molecule has 1 aromatic heterocycles. The largest absolute Gasteiger partial charge is 0.368 e. The molecule has 148 valence electrons. The number of para-hydroxylation sites is 2. The summed E-state index contributed by atoms with van der Waals surface area (Å²) >= 11 is 0. The van der Waals surface area contributed by atoms with E-state index in [0.29, 0.717) is 11.6 Å². The summed E-state index contributed by atoms with van der Waals surface area (Å²) in [6.07, 6.45) is 0. The van der Waals surface area contributed by atoms with Crippen LogP contribution in [0.1, 0.15) is 21.7 Å². The normalized spacial score (nSPS) is 14.0. The predicted molar refractivity (Wildman–Crippen MR) is 117 cm³/mol. The number of anilines is 3. The van der Waals surface area contributed by atoms with Gasteiger partial charge in [0.25, 0.3) is 5.91 Å². The topological polar surface area (TPSA) is 61.4 Å². The third-order valence-electron chi connectivity index (χ3n) is 5.15. The second-order valence-electron chi connectivity index (χ2n) is 7.27. The molecule has 1 N–H and O–H groups in total. The van der Waals surface area contributed by atoms with Gasteiger partial charge in [0.05, 0.1) is 0 Å². The third kappa shape index (κ3) is 4.37. The fourth-order valence-electron chi connectivity index (χ4n) is 3.51. The Morgan fingerprint density at radius 3 is 2.24 bits per heavy atom. The smallest absolute Gasteiger partial charge is 0.274 e. The molecule has 2 heterocycles. The van der Waals surface area contributed by atoms with Gasteiger partial charge in [0.2, 0.25) is 5.95 Å². The van der Waals surface area contributed by atoms with Crippen molar-refractivity contribution in [1.29, 1.82) is 0 Å². The SMILES string of the molecule is Cc1cc(C(=O)Nc2ccccc2C)nc(N2CCN(c3ccccc3)CC2)n1. The van der Waals surface area contributed by atoms with Crippen molar-refractivity contribution in [3.8, 4) is 0 Å². The Bertz CT molecular complexity index is 997. The van der Waals surface area contributed by atoms with Gasteiger partial charge in [0.15, 0.2) is 0 Å². The number of aromatic nitrogens is 2. The van der Waals surface area contributed by atoms with E-state index in [4.69, 9.17) is 0 Å². The molecule has 0 atom stereocenters. The second-order valence-corrected chi connectivity index (χ2v) is 7.27. The van der Waals surface area contributed by atoms with Gasteiger partial charge in [-0.25, -0.2) is 9.97 Å². The van der Waals surface area contributed by atoms with Crippen LogP contribution in [0, 0.1) is 13.8 Å². The van der Waals surface area contributed by atoms with E-state index in [-0.39, 0.29) is 5.91 Å². The maximum atomic E-state index is 12.8. The molecule has 0 bridgehead atoms. The number of benzene rings is 2. The Morgan fingerprint density at radius 1 is 0.862 bits per heavy atom. The number of aryl methyl sites for hydroxylation is 2. The minimum atomic E-state index is -0.214. The molecule has 0 saturated carbocycles. The van der Waals surface area contributed by atoms with Gasteiger partial charge in [-0.1, -0.05) is 36.4 Å². The van der Waals surface area contributed by atoms with E-state index >= 15 is 0 Å². The van der Waals surface area contributed by atoms with Crippen LogP contribution in [-0.2, 0) is 0 Å². The van der Waals surface area contributed by atoms with Crippen molar-refractivity contribution < 1.29 is 4.79 Å². The maximum absolute atomic E-state index is 12.8. The van der Waals surface area contributed by atoms with E-state index in [1.54, 1.807) is 6.07 Å². The molecular formula is C23H25N5O. The number of amides is 1. The Morgan fingerprint density at radius 2 is 1.52 bits per heavy atom. The molecule has 1 fully saturated rings. The van der Waals surface area contributed by atoms with E-state index in [1.807, 2.05) is 44.2 Å². The van der Waals surface area contributed by atoms with Gasteiger partial charge < -0.3 is 15.1 Å². The molecule has 0 unspecified atom stereocenters. The van der Waals surface area contributed by atoms with Crippen molar-refractivity contribution in [2.45, 2.75) is 13.8 Å². The molecular weight excluding hydrogens is 362 g/mol. The molecule has 1 aliphatic rings. The van der Waals surface area contributed by atoms with Crippen LogP contribution in [0.15, 0.2) is 60.7 Å². The van der Waals surface area contributed by atoms with E-state index in [2.05, 4.69) is 49.4 Å². The number of carbonyl (C=O) groups is 1. The summed E-state index contributed by atoms with van der Waals surface area (Å²) in [5.41, 5.74) is 4.22. The fraction of sp³-hybridized carbons (Fsp3) is 0.261. The first-order chi connectivity index (χ1) is 14.1. The summed E-state index contributed by atoms with van der Waals surface area (Å²) in [6, 6.07) is 19.9. The number of nitrogens with zero attached hydrogens (tertiary/aromatic N) is 4. The highest BCUT2D eigenvalue weighted by molar-refractivity contribution is 6.03. The number of hydrogen-bond donors (Lipinski definition) is 1. The first kappa shape index (κ1) is 18.9. The predicted octanol–water partition coefficient (Wildman–Crippen LogP) is 3.67. The number of piperazine rings is 1. The number of nitrogens with one attached hydrogen (secondary N) is 1. The van der Waals surface area contributed by atoms with Crippen molar-refractivity contribution in [3.63, 3.8) is 0 Å². The maximum Gasteiger partial charge on any atom is 0.274 e. The number of hydrogen-bond acceptors (Lipinski definition) is 5. The Hall–Kier alpha value is -3.41. The van der Waals surface area contributed by atoms with Crippen LogP contribution in [0.3, 0.4) is 0 Å². The Labute approximate surface area is 171 Å². The summed E-state index contributed by atoms with van der Waals surface area (Å²) in [6.45, 7) is 7.29. The van der Waals surface area contributed by atoms with Crippen molar-refractivity contribution >= 4 is 23.2 Å². The zero-order valence-electron chi connectivity index (χ0n) is 16.8. The van der Waals surface area contributed by atoms with Crippen molar-refractivity contribution in [2.75, 3.05) is 41.3 Å². The molecule has 0 aliphatic carbocycles. The van der Waals surface area contributed by atoms with E-state index in [1.165, 1.54) is 5.69 Å². The van der Waals surface area contributed by atoms with Crippen LogP contribution in [0.25, 0.3) is 0 Å². The molecule has 1 saturated heterocycles. The summed E-state index contributed by atoms with van der Waals surface area (Å²) in [5.74, 6) is 0.404. The van der Waals surface area contributed by atoms with Crippen LogP contribution in [-0.4, -0.2) is 42.1 Å². The summed E-state index contributed by atoms with van der Waals surface area (Å²) < 4.78 is 0. The second kappa shape index (κ2) is 8.31. The highest BCUT2D eigenvalue weighted by Crippen LogP contribution is 2.19. The number of rotatable bonds is 4. The van der Waals surface area contributed by atoms with Gasteiger partial charge in [-0.2, -0.15) is 0 Å². The van der Waals surface area contributed by atoms with E-state index in [0.717, 1.165) is 43.1 Å². The lowest BCUT2D eigenvalue weighted by Crippen LogP contribution is -2.47. The van der Waals surface area contributed by atoms with Crippen molar-refractivity contribution in [1.82, 2.24) is 9.97 Å². The van der Waals surface area contributed by atoms with Gasteiger partial charge in [0, 0.05) is 43.2 Å². The molecule has 1 aliphatic heterocycles. The third-order valence-corrected chi connectivity index (χ3v) is 5.15. The summed E-state index contributed by atoms with van der Waals surface area (Å²) in [5, 5.41) is 2.96. The van der Waals surface area contributed by atoms with E-state index in [9.17, 15) is 4.79 Å². The van der Waals surface area contributed by atoms with Crippen molar-refractivity contribution in [3.05, 3.63) is 77.6 Å². The van der Waals surface area contributed by atoms with Gasteiger partial charge >= 0.3 is 0 Å². The Balaban J connectivity index is 1.47.